The van der Waals surface area contributed by atoms with Gasteiger partial charge < -0.3 is 4.79 Å². The first-order chi connectivity index (χ1) is 4.83. The molecule has 0 aromatic carbocycles. The summed E-state index contributed by atoms with van der Waals surface area (Å²) in [5.41, 5.74) is 0. The van der Waals surface area contributed by atoms with Crippen molar-refractivity contribution in [2.45, 2.75) is 26.2 Å². The van der Waals surface area contributed by atoms with Crippen molar-refractivity contribution >= 4 is 6.29 Å². The normalized spacial score (nSPS) is 51.7. The summed E-state index contributed by atoms with van der Waals surface area (Å²) in [4.78, 5) is 10.6. The van der Waals surface area contributed by atoms with E-state index >= 15 is 0 Å². The van der Waals surface area contributed by atoms with Crippen molar-refractivity contribution in [3.8, 4) is 0 Å². The second kappa shape index (κ2) is 2.08. The predicted octanol–water partition coefficient (Wildman–Crippen LogP) is 1.87. The van der Waals surface area contributed by atoms with E-state index in [-0.39, 0.29) is 0 Å². The third kappa shape index (κ3) is 0.664. The molecule has 2 saturated carbocycles. The Morgan fingerprint density at radius 2 is 2.00 bits per heavy atom. The summed E-state index contributed by atoms with van der Waals surface area (Å²) in [5.74, 6) is 2.76. The lowest BCUT2D eigenvalue weighted by molar-refractivity contribution is -0.113. The van der Waals surface area contributed by atoms with Gasteiger partial charge in [-0.1, -0.05) is 6.92 Å². The van der Waals surface area contributed by atoms with E-state index < -0.39 is 0 Å². The van der Waals surface area contributed by atoms with Gasteiger partial charge in [0.1, 0.15) is 6.29 Å². The van der Waals surface area contributed by atoms with E-state index in [1.165, 1.54) is 25.5 Å². The highest BCUT2D eigenvalue weighted by atomic mass is 16.1. The molecule has 2 aliphatic carbocycles. The minimum absolute atomic E-state index is 0.416. The molecule has 10 heavy (non-hydrogen) atoms. The summed E-state index contributed by atoms with van der Waals surface area (Å²) in [5, 5.41) is 0. The molecule has 0 amide bonds. The molecule has 0 radical (unpaired) electrons. The summed E-state index contributed by atoms with van der Waals surface area (Å²) in [6.45, 7) is 2.24. The molecule has 0 saturated heterocycles. The van der Waals surface area contributed by atoms with Gasteiger partial charge in [-0.15, -0.1) is 0 Å². The van der Waals surface area contributed by atoms with E-state index in [2.05, 4.69) is 6.92 Å². The molecule has 0 heterocycles. The Labute approximate surface area is 61.8 Å². The van der Waals surface area contributed by atoms with Gasteiger partial charge in [0.05, 0.1) is 0 Å². The van der Waals surface area contributed by atoms with Crippen molar-refractivity contribution in [3.63, 3.8) is 0 Å². The third-order valence-electron chi connectivity index (χ3n) is 3.57. The highest BCUT2D eigenvalue weighted by molar-refractivity contribution is 5.55. The summed E-state index contributed by atoms with van der Waals surface area (Å²) in [7, 11) is 0. The van der Waals surface area contributed by atoms with E-state index in [1.54, 1.807) is 0 Å². The standard InChI is InChI=1S/C9H14O/c1-6-7-2-3-8(4-7)9(6)5-10/h5-9H,2-4H2,1H3/t6-,7+,8-,9+/m0/s1. The molecule has 0 N–H and O–H groups in total. The molecule has 2 aliphatic rings. The number of carbonyl (C=O) groups is 1. The molecule has 1 heteroatoms. The zero-order chi connectivity index (χ0) is 7.14. The summed E-state index contributed by atoms with van der Waals surface area (Å²) in [6.07, 6.45) is 5.23. The van der Waals surface area contributed by atoms with Crippen LogP contribution in [0.4, 0.5) is 0 Å². The summed E-state index contributed by atoms with van der Waals surface area (Å²) >= 11 is 0. The molecule has 0 aliphatic heterocycles. The van der Waals surface area contributed by atoms with Gasteiger partial charge >= 0.3 is 0 Å². The average molecular weight is 138 g/mol. The first kappa shape index (κ1) is 6.38. The average Bonchev–Trinajstić information content (AvgIpc) is 2.46. The molecule has 2 bridgehead atoms. The zero-order valence-electron chi connectivity index (χ0n) is 6.42. The largest absolute Gasteiger partial charge is 0.303 e. The van der Waals surface area contributed by atoms with Crippen molar-refractivity contribution in [3.05, 3.63) is 0 Å². The van der Waals surface area contributed by atoms with E-state index in [0.29, 0.717) is 11.8 Å². The van der Waals surface area contributed by atoms with Crippen LogP contribution in [0.2, 0.25) is 0 Å². The van der Waals surface area contributed by atoms with Crippen LogP contribution in [0.3, 0.4) is 0 Å². The fraction of sp³-hybridized carbons (Fsp3) is 0.889. The van der Waals surface area contributed by atoms with Crippen LogP contribution in [-0.2, 0) is 4.79 Å². The van der Waals surface area contributed by atoms with Crippen LogP contribution in [0.1, 0.15) is 26.2 Å². The topological polar surface area (TPSA) is 17.1 Å². The Bertz CT molecular complexity index is 151. The van der Waals surface area contributed by atoms with Gasteiger partial charge in [-0.05, 0) is 37.0 Å². The Hall–Kier alpha value is -0.330. The number of hydrogen-bond acceptors (Lipinski definition) is 1. The molecular formula is C9H14O. The Balaban J connectivity index is 2.16. The van der Waals surface area contributed by atoms with E-state index in [1.807, 2.05) is 0 Å². The maximum atomic E-state index is 10.6. The smallest absolute Gasteiger partial charge is 0.123 e. The van der Waals surface area contributed by atoms with Gasteiger partial charge in [-0.25, -0.2) is 0 Å². The van der Waals surface area contributed by atoms with E-state index in [9.17, 15) is 4.79 Å². The van der Waals surface area contributed by atoms with Crippen LogP contribution in [-0.4, -0.2) is 6.29 Å². The lowest BCUT2D eigenvalue weighted by Gasteiger charge is -2.22. The number of rotatable bonds is 1. The molecular weight excluding hydrogens is 124 g/mol. The van der Waals surface area contributed by atoms with Gasteiger partial charge in [0.2, 0.25) is 0 Å². The molecule has 4 atom stereocenters. The van der Waals surface area contributed by atoms with Crippen LogP contribution >= 0.6 is 0 Å². The number of aldehydes is 1. The molecule has 2 rings (SSSR count). The molecule has 0 spiro atoms. The number of hydrogen-bond donors (Lipinski definition) is 0. The molecule has 56 valence electrons. The van der Waals surface area contributed by atoms with Crippen LogP contribution in [0.15, 0.2) is 0 Å². The molecule has 0 unspecified atom stereocenters. The van der Waals surface area contributed by atoms with E-state index in [4.69, 9.17) is 0 Å². The van der Waals surface area contributed by atoms with Gasteiger partial charge in [-0.3, -0.25) is 0 Å². The van der Waals surface area contributed by atoms with Crippen LogP contribution in [0.5, 0.6) is 0 Å². The van der Waals surface area contributed by atoms with Gasteiger partial charge in [0, 0.05) is 5.92 Å². The highest BCUT2D eigenvalue weighted by Crippen LogP contribution is 2.51. The Kier molecular flexibility index (Phi) is 1.33. The lowest BCUT2D eigenvalue weighted by Crippen LogP contribution is -2.20. The molecule has 0 aromatic heterocycles. The fourth-order valence-corrected chi connectivity index (χ4v) is 2.86. The fourth-order valence-electron chi connectivity index (χ4n) is 2.86. The summed E-state index contributed by atoms with van der Waals surface area (Å²) in [6, 6.07) is 0. The van der Waals surface area contributed by atoms with Crippen LogP contribution in [0.25, 0.3) is 0 Å². The van der Waals surface area contributed by atoms with Crippen molar-refractivity contribution in [2.24, 2.45) is 23.7 Å². The van der Waals surface area contributed by atoms with Gasteiger partial charge in [0.15, 0.2) is 0 Å². The first-order valence-electron chi connectivity index (χ1n) is 4.28. The maximum absolute atomic E-state index is 10.6. The van der Waals surface area contributed by atoms with Crippen molar-refractivity contribution in [2.75, 3.05) is 0 Å². The minimum atomic E-state index is 0.416. The maximum Gasteiger partial charge on any atom is 0.123 e. The summed E-state index contributed by atoms with van der Waals surface area (Å²) < 4.78 is 0. The first-order valence-corrected chi connectivity index (χ1v) is 4.28. The van der Waals surface area contributed by atoms with Crippen molar-refractivity contribution < 1.29 is 4.79 Å². The van der Waals surface area contributed by atoms with E-state index in [0.717, 1.165) is 11.8 Å². The zero-order valence-corrected chi connectivity index (χ0v) is 6.42. The van der Waals surface area contributed by atoms with Crippen LogP contribution in [0, 0.1) is 23.7 Å². The second-order valence-electron chi connectivity index (χ2n) is 3.91. The number of fused-ring (bicyclic) bond motifs is 2. The molecule has 0 aromatic rings. The number of carbonyl (C=O) groups excluding carboxylic acids is 1. The molecule has 1 nitrogen and oxygen atoms in total. The SMILES string of the molecule is C[C@H]1[C@@H]2CC[C@@H](C2)[C@@H]1C=O. The van der Waals surface area contributed by atoms with Gasteiger partial charge in [0.25, 0.3) is 0 Å². The molecule has 2 fully saturated rings. The third-order valence-corrected chi connectivity index (χ3v) is 3.57. The quantitative estimate of drug-likeness (QED) is 0.505. The minimum Gasteiger partial charge on any atom is -0.303 e. The van der Waals surface area contributed by atoms with Crippen molar-refractivity contribution in [1.82, 2.24) is 0 Å². The van der Waals surface area contributed by atoms with Crippen LogP contribution < -0.4 is 0 Å². The highest BCUT2D eigenvalue weighted by Gasteiger charge is 2.44. The second-order valence-corrected chi connectivity index (χ2v) is 3.91. The predicted molar refractivity (Wildman–Crippen MR) is 39.5 cm³/mol. The lowest BCUT2D eigenvalue weighted by atomic mass is 9.81. The van der Waals surface area contributed by atoms with Gasteiger partial charge in [-0.2, -0.15) is 0 Å². The Morgan fingerprint density at radius 3 is 2.40 bits per heavy atom. The van der Waals surface area contributed by atoms with Crippen molar-refractivity contribution in [1.29, 1.82) is 0 Å². The monoisotopic (exact) mass is 138 g/mol. The Morgan fingerprint density at radius 1 is 1.30 bits per heavy atom.